The maximum absolute atomic E-state index is 13.4. The van der Waals surface area contributed by atoms with Gasteiger partial charge in [0.25, 0.3) is 0 Å². The van der Waals surface area contributed by atoms with Gasteiger partial charge >= 0.3 is 0 Å². The smallest absolute Gasteiger partial charge is 0.227 e. The summed E-state index contributed by atoms with van der Waals surface area (Å²) in [5, 5.41) is 4.81. The van der Waals surface area contributed by atoms with Gasteiger partial charge in [-0.1, -0.05) is 25.1 Å². The average molecular weight is 438 g/mol. The van der Waals surface area contributed by atoms with Crippen molar-refractivity contribution < 1.29 is 18.7 Å². The Labute approximate surface area is 187 Å². The minimum absolute atomic E-state index is 0.0252. The van der Waals surface area contributed by atoms with Crippen molar-refractivity contribution in [3.8, 4) is 17.3 Å². The highest BCUT2D eigenvalue weighted by molar-refractivity contribution is 5.73. The summed E-state index contributed by atoms with van der Waals surface area (Å²) in [4.78, 5) is 14.3. The van der Waals surface area contributed by atoms with Crippen LogP contribution < -0.4 is 4.74 Å². The Morgan fingerprint density at radius 3 is 2.59 bits per heavy atom. The fraction of sp³-hybridized carbons (Fsp3) is 0.360. The predicted octanol–water partition coefficient (Wildman–Crippen LogP) is 4.89. The number of carbonyl (C=O) groups is 1. The van der Waals surface area contributed by atoms with Gasteiger partial charge in [0.15, 0.2) is 0 Å². The van der Waals surface area contributed by atoms with Gasteiger partial charge in [-0.3, -0.25) is 4.79 Å². The lowest BCUT2D eigenvalue weighted by molar-refractivity contribution is -0.131. The zero-order valence-electron chi connectivity index (χ0n) is 18.5. The first kappa shape index (κ1) is 22.0. The van der Waals surface area contributed by atoms with E-state index < -0.39 is 0 Å². The summed E-state index contributed by atoms with van der Waals surface area (Å²) in [6.45, 7) is 5.23. The Kier molecular flexibility index (Phi) is 6.85. The van der Waals surface area contributed by atoms with Crippen LogP contribution in [-0.2, 0) is 22.5 Å². The normalized spacial score (nSPS) is 15.7. The van der Waals surface area contributed by atoms with E-state index >= 15 is 0 Å². The van der Waals surface area contributed by atoms with Crippen LogP contribution in [0.3, 0.4) is 0 Å². The summed E-state index contributed by atoms with van der Waals surface area (Å²) in [6.07, 6.45) is 2.70. The molecular formula is C25H28FN3O3. The number of aryl methyl sites for hydroxylation is 1. The van der Waals surface area contributed by atoms with Crippen molar-refractivity contribution >= 4 is 5.91 Å². The number of benzene rings is 2. The van der Waals surface area contributed by atoms with E-state index in [2.05, 4.69) is 0 Å². The molecule has 2 heterocycles. The number of hydrogen-bond donors (Lipinski definition) is 0. The molecule has 1 aliphatic rings. The van der Waals surface area contributed by atoms with Crippen molar-refractivity contribution in [1.29, 1.82) is 0 Å². The quantitative estimate of drug-likeness (QED) is 0.503. The molecule has 0 spiro atoms. The molecule has 7 heteroatoms. The molecule has 4 rings (SSSR count). The van der Waals surface area contributed by atoms with E-state index in [1.54, 1.807) is 28.6 Å². The first-order chi connectivity index (χ1) is 15.5. The van der Waals surface area contributed by atoms with Gasteiger partial charge in [0.05, 0.1) is 29.6 Å². The van der Waals surface area contributed by atoms with Crippen LogP contribution in [-0.4, -0.2) is 39.8 Å². The molecular weight excluding hydrogens is 409 g/mol. The highest BCUT2D eigenvalue weighted by Crippen LogP contribution is 2.32. The largest absolute Gasteiger partial charge is 0.439 e. The van der Waals surface area contributed by atoms with Crippen molar-refractivity contribution in [1.82, 2.24) is 14.7 Å². The van der Waals surface area contributed by atoms with Gasteiger partial charge in [0, 0.05) is 20.1 Å². The van der Waals surface area contributed by atoms with Crippen molar-refractivity contribution in [2.24, 2.45) is 0 Å². The Bertz CT molecular complexity index is 1040. The van der Waals surface area contributed by atoms with Crippen LogP contribution in [0.5, 0.6) is 11.6 Å². The molecule has 0 aliphatic carbocycles. The molecule has 1 atom stereocenters. The number of rotatable bonds is 8. The summed E-state index contributed by atoms with van der Waals surface area (Å²) in [7, 11) is 0. The molecule has 1 saturated heterocycles. The van der Waals surface area contributed by atoms with Crippen LogP contribution in [0.1, 0.15) is 37.9 Å². The Morgan fingerprint density at radius 1 is 1.22 bits per heavy atom. The molecule has 0 radical (unpaired) electrons. The minimum Gasteiger partial charge on any atom is -0.439 e. The number of nitrogens with zero attached hydrogens (tertiary/aromatic N) is 3. The van der Waals surface area contributed by atoms with E-state index in [1.807, 2.05) is 37.3 Å². The Morgan fingerprint density at radius 2 is 1.97 bits per heavy atom. The zero-order chi connectivity index (χ0) is 22.5. The van der Waals surface area contributed by atoms with E-state index in [1.165, 1.54) is 12.1 Å². The fourth-order valence-corrected chi connectivity index (χ4v) is 3.91. The first-order valence-corrected chi connectivity index (χ1v) is 11.0. The lowest BCUT2D eigenvalue weighted by Gasteiger charge is -2.24. The molecule has 3 aromatic rings. The maximum atomic E-state index is 13.4. The molecule has 0 saturated carbocycles. The van der Waals surface area contributed by atoms with Crippen LogP contribution in [0.4, 0.5) is 4.39 Å². The van der Waals surface area contributed by atoms with Gasteiger partial charge in [-0.15, -0.1) is 0 Å². The highest BCUT2D eigenvalue weighted by Gasteiger charge is 2.26. The molecule has 168 valence electrons. The van der Waals surface area contributed by atoms with Crippen molar-refractivity contribution in [2.45, 2.75) is 45.8 Å². The molecule has 0 N–H and O–H groups in total. The predicted molar refractivity (Wildman–Crippen MR) is 119 cm³/mol. The molecule has 1 amide bonds. The molecule has 0 unspecified atom stereocenters. The monoisotopic (exact) mass is 437 g/mol. The minimum atomic E-state index is -0.331. The number of halogens is 1. The third-order valence-corrected chi connectivity index (χ3v) is 5.63. The van der Waals surface area contributed by atoms with Gasteiger partial charge in [-0.2, -0.15) is 5.10 Å². The second-order valence-electron chi connectivity index (χ2n) is 7.92. The molecule has 1 aromatic heterocycles. The number of ether oxygens (including phenoxy) is 2. The lowest BCUT2D eigenvalue weighted by atomic mass is 10.1. The van der Waals surface area contributed by atoms with Crippen molar-refractivity contribution in [2.75, 3.05) is 13.2 Å². The topological polar surface area (TPSA) is 56.6 Å². The average Bonchev–Trinajstić information content (AvgIpc) is 3.43. The van der Waals surface area contributed by atoms with Gasteiger partial charge < -0.3 is 14.4 Å². The molecule has 1 fully saturated rings. The number of carbonyl (C=O) groups excluding carboxylic acids is 1. The van der Waals surface area contributed by atoms with Crippen LogP contribution in [0, 0.1) is 5.82 Å². The van der Waals surface area contributed by atoms with Crippen LogP contribution in [0.25, 0.3) is 5.69 Å². The summed E-state index contributed by atoms with van der Waals surface area (Å²) in [5.41, 5.74) is 2.54. The van der Waals surface area contributed by atoms with Gasteiger partial charge in [0.1, 0.15) is 11.6 Å². The highest BCUT2D eigenvalue weighted by atomic mass is 19.1. The zero-order valence-corrected chi connectivity index (χ0v) is 18.5. The number of para-hydroxylation sites is 1. The summed E-state index contributed by atoms with van der Waals surface area (Å²) < 4.78 is 27.2. The van der Waals surface area contributed by atoms with Crippen LogP contribution in [0.2, 0.25) is 0 Å². The molecule has 0 bridgehead atoms. The van der Waals surface area contributed by atoms with Gasteiger partial charge in [0.2, 0.25) is 11.8 Å². The molecule has 6 nitrogen and oxygen atoms in total. The van der Waals surface area contributed by atoms with Gasteiger partial charge in [-0.05, 0) is 55.7 Å². The SMILES string of the molecule is CCc1nn(-c2ccccc2)c(Oc2ccc(F)cc2)c1CN(C[C@@H]1CCCO1)C(C)=O. The van der Waals surface area contributed by atoms with E-state index in [4.69, 9.17) is 14.6 Å². The maximum Gasteiger partial charge on any atom is 0.227 e. The second kappa shape index (κ2) is 9.96. The third kappa shape index (κ3) is 4.99. The summed E-state index contributed by atoms with van der Waals surface area (Å²) >= 11 is 0. The lowest BCUT2D eigenvalue weighted by Crippen LogP contribution is -2.35. The standard InChI is InChI=1S/C25H28FN3O3/c1-3-24-23(17-28(18(2)30)16-22-10-7-15-31-22)25(32-21-13-11-19(26)12-14-21)29(27-24)20-8-5-4-6-9-20/h4-6,8-9,11-14,22H,3,7,10,15-17H2,1-2H3/t22-/m0/s1. The van der Waals surface area contributed by atoms with Gasteiger partial charge in [-0.25, -0.2) is 9.07 Å². The van der Waals surface area contributed by atoms with E-state index in [9.17, 15) is 9.18 Å². The van der Waals surface area contributed by atoms with Crippen LogP contribution in [0.15, 0.2) is 54.6 Å². The van der Waals surface area contributed by atoms with Crippen molar-refractivity contribution in [3.63, 3.8) is 0 Å². The molecule has 32 heavy (non-hydrogen) atoms. The number of amides is 1. The number of hydrogen-bond acceptors (Lipinski definition) is 4. The third-order valence-electron chi connectivity index (χ3n) is 5.63. The first-order valence-electron chi connectivity index (χ1n) is 11.0. The molecule has 2 aromatic carbocycles. The van der Waals surface area contributed by atoms with Crippen molar-refractivity contribution in [3.05, 3.63) is 71.7 Å². The Balaban J connectivity index is 1.74. The van der Waals surface area contributed by atoms with Crippen LogP contribution >= 0.6 is 0 Å². The van der Waals surface area contributed by atoms with E-state index in [0.717, 1.165) is 36.4 Å². The molecule has 1 aliphatic heterocycles. The Hall–Kier alpha value is -3.19. The number of aromatic nitrogens is 2. The summed E-state index contributed by atoms with van der Waals surface area (Å²) in [6, 6.07) is 15.6. The summed E-state index contributed by atoms with van der Waals surface area (Å²) in [5.74, 6) is 0.671. The second-order valence-corrected chi connectivity index (χ2v) is 7.92. The van der Waals surface area contributed by atoms with E-state index in [-0.39, 0.29) is 17.8 Å². The fourth-order valence-electron chi connectivity index (χ4n) is 3.91. The van der Waals surface area contributed by atoms with E-state index in [0.29, 0.717) is 31.1 Å².